The van der Waals surface area contributed by atoms with Gasteiger partial charge in [-0.2, -0.15) is 0 Å². The van der Waals surface area contributed by atoms with Gasteiger partial charge in [-0.3, -0.25) is 0 Å². The van der Waals surface area contributed by atoms with Crippen LogP contribution in [0.25, 0.3) is 4.85 Å². The molecule has 2 saturated carbocycles. The van der Waals surface area contributed by atoms with Gasteiger partial charge in [0.2, 0.25) is 6.04 Å². The molecule has 164 valence electrons. The van der Waals surface area contributed by atoms with Gasteiger partial charge in [0.05, 0.1) is 19.1 Å². The largest absolute Gasteiger partial charge is 0.465 e. The molecular weight excluding hydrogens is 394 g/mol. The van der Waals surface area contributed by atoms with Gasteiger partial charge in [-0.15, -0.1) is 11.3 Å². The highest BCUT2D eigenvalue weighted by Gasteiger charge is 2.41. The zero-order valence-electron chi connectivity index (χ0n) is 18.3. The number of carbonyl (C=O) groups excluding carboxylic acids is 1. The summed E-state index contributed by atoms with van der Waals surface area (Å²) in [6.45, 7) is 9.77. The van der Waals surface area contributed by atoms with E-state index in [1.54, 1.807) is 0 Å². The van der Waals surface area contributed by atoms with Crippen LogP contribution in [0.4, 0.5) is 0 Å². The van der Waals surface area contributed by atoms with Gasteiger partial charge in [-0.25, -0.2) is 11.4 Å². The smallest absolute Gasteiger partial charge is 0.348 e. The fourth-order valence-corrected chi connectivity index (χ4v) is 6.25. The highest BCUT2D eigenvalue weighted by molar-refractivity contribution is 7.13. The number of hydrogen-bond donors (Lipinski definition) is 1. The van der Waals surface area contributed by atoms with Crippen molar-refractivity contribution in [3.05, 3.63) is 45.5 Å². The number of thiophene rings is 1. The van der Waals surface area contributed by atoms with Crippen molar-refractivity contribution in [1.82, 2.24) is 0 Å². The minimum atomic E-state index is -0.263. The van der Waals surface area contributed by atoms with Crippen LogP contribution in [0.1, 0.15) is 79.3 Å². The molecule has 2 fully saturated rings. The fourth-order valence-electron chi connectivity index (χ4n) is 5.29. The standard InChI is InChI=1S/C25H35NO3S/c1-4-25(16-7-17-25)23(27)11-6-10-20-18(12-14-21(20)26-2)8-5-9-19-13-15-22(30-19)24(28)29-3/h6,10,13,15,18,20-21,23,27H,4-5,7-9,11-12,14,16-17H2,1,3H3/t18-,20+,21+,23?/m0/s1. The van der Waals surface area contributed by atoms with Gasteiger partial charge >= 0.3 is 5.97 Å². The molecule has 1 aromatic heterocycles. The van der Waals surface area contributed by atoms with Crippen molar-refractivity contribution in [2.75, 3.05) is 7.11 Å². The molecule has 0 aromatic carbocycles. The molecule has 0 radical (unpaired) electrons. The number of aliphatic hydroxyl groups is 1. The third kappa shape index (κ3) is 5.15. The Morgan fingerprint density at radius 1 is 1.43 bits per heavy atom. The maximum Gasteiger partial charge on any atom is 0.348 e. The minimum Gasteiger partial charge on any atom is -0.465 e. The lowest BCUT2D eigenvalue weighted by molar-refractivity contribution is -0.0355. The molecule has 2 aliphatic rings. The van der Waals surface area contributed by atoms with Crippen LogP contribution < -0.4 is 0 Å². The summed E-state index contributed by atoms with van der Waals surface area (Å²) in [6.07, 6.45) is 14.7. The van der Waals surface area contributed by atoms with Crippen molar-refractivity contribution >= 4 is 17.3 Å². The first-order valence-electron chi connectivity index (χ1n) is 11.4. The molecule has 1 unspecified atom stereocenters. The number of aryl methyl sites for hydroxylation is 1. The average molecular weight is 430 g/mol. The molecule has 5 heteroatoms. The third-order valence-electron chi connectivity index (χ3n) is 7.51. The van der Waals surface area contributed by atoms with E-state index in [2.05, 4.69) is 23.9 Å². The van der Waals surface area contributed by atoms with E-state index in [1.807, 2.05) is 12.1 Å². The highest BCUT2D eigenvalue weighted by Crippen LogP contribution is 2.48. The number of aliphatic hydroxyl groups excluding tert-OH is 1. The number of nitrogens with zero attached hydrogens (tertiary/aromatic N) is 1. The fraction of sp³-hybridized carbons (Fsp3) is 0.680. The Hall–Kier alpha value is -1.64. The quantitative estimate of drug-likeness (QED) is 0.279. The van der Waals surface area contributed by atoms with Crippen molar-refractivity contribution in [3.63, 3.8) is 0 Å². The molecule has 1 aromatic rings. The molecule has 4 atom stereocenters. The van der Waals surface area contributed by atoms with Crippen LogP contribution in [0.3, 0.4) is 0 Å². The first kappa shape index (κ1) is 23.0. The Kier molecular flexibility index (Phi) is 8.13. The summed E-state index contributed by atoms with van der Waals surface area (Å²) in [7, 11) is 1.41. The molecule has 0 spiro atoms. The first-order chi connectivity index (χ1) is 14.5. The maximum absolute atomic E-state index is 11.6. The molecule has 0 amide bonds. The van der Waals surface area contributed by atoms with Crippen LogP contribution in [-0.4, -0.2) is 30.3 Å². The number of carbonyl (C=O) groups is 1. The van der Waals surface area contributed by atoms with Crippen LogP contribution in [0.5, 0.6) is 0 Å². The Morgan fingerprint density at radius 2 is 2.23 bits per heavy atom. The number of hydrogen-bond acceptors (Lipinski definition) is 4. The van der Waals surface area contributed by atoms with E-state index in [0.29, 0.717) is 23.1 Å². The van der Waals surface area contributed by atoms with Gasteiger partial charge in [0.15, 0.2) is 0 Å². The van der Waals surface area contributed by atoms with Gasteiger partial charge in [0, 0.05) is 11.3 Å². The van der Waals surface area contributed by atoms with E-state index in [1.165, 1.54) is 29.7 Å². The summed E-state index contributed by atoms with van der Waals surface area (Å²) >= 11 is 1.52. The zero-order valence-corrected chi connectivity index (χ0v) is 19.1. The topological polar surface area (TPSA) is 50.9 Å². The first-order valence-corrected chi connectivity index (χ1v) is 12.2. The van der Waals surface area contributed by atoms with E-state index in [9.17, 15) is 9.90 Å². The van der Waals surface area contributed by atoms with Crippen molar-refractivity contribution in [3.8, 4) is 0 Å². The molecule has 0 saturated heterocycles. The summed E-state index contributed by atoms with van der Waals surface area (Å²) in [5.74, 6) is 0.588. The van der Waals surface area contributed by atoms with Crippen LogP contribution in [0.15, 0.2) is 24.3 Å². The van der Waals surface area contributed by atoms with E-state index in [-0.39, 0.29) is 23.5 Å². The van der Waals surface area contributed by atoms with Crippen LogP contribution in [-0.2, 0) is 11.2 Å². The van der Waals surface area contributed by atoms with Crippen molar-refractivity contribution in [1.29, 1.82) is 0 Å². The molecule has 30 heavy (non-hydrogen) atoms. The van der Waals surface area contributed by atoms with Crippen LogP contribution >= 0.6 is 11.3 Å². The summed E-state index contributed by atoms with van der Waals surface area (Å²) in [5.41, 5.74) is 0.141. The Balaban J connectivity index is 1.50. The second-order valence-corrected chi connectivity index (χ2v) is 10.2. The molecule has 4 nitrogen and oxygen atoms in total. The number of esters is 1. The Morgan fingerprint density at radius 3 is 2.87 bits per heavy atom. The van der Waals surface area contributed by atoms with E-state index in [4.69, 9.17) is 11.3 Å². The van der Waals surface area contributed by atoms with Gasteiger partial charge in [-0.1, -0.05) is 25.5 Å². The maximum atomic E-state index is 11.6. The second kappa shape index (κ2) is 10.6. The SMILES string of the molecule is [C-]#[N+][C@@H]1CC[C@H](CCCc2ccc(C(=O)OC)s2)[C@H]1C=CCC(O)C1(CC)CCC1. The van der Waals surface area contributed by atoms with Crippen molar-refractivity contribution < 1.29 is 14.6 Å². The van der Waals surface area contributed by atoms with E-state index < -0.39 is 0 Å². The minimum absolute atomic E-state index is 0.0832. The summed E-state index contributed by atoms with van der Waals surface area (Å²) in [6, 6.07) is 3.95. The molecule has 0 bridgehead atoms. The van der Waals surface area contributed by atoms with E-state index >= 15 is 0 Å². The number of methoxy groups -OCH3 is 1. The Labute approximate surface area is 185 Å². The average Bonchev–Trinajstić information content (AvgIpc) is 3.34. The normalized spacial score (nSPS) is 26.3. The summed E-state index contributed by atoms with van der Waals surface area (Å²) in [5, 5.41) is 10.7. The van der Waals surface area contributed by atoms with Gasteiger partial charge < -0.3 is 14.7 Å². The number of ether oxygens (including phenoxy) is 1. The lowest BCUT2D eigenvalue weighted by Gasteiger charge is -2.45. The lowest BCUT2D eigenvalue weighted by Crippen LogP contribution is -2.40. The summed E-state index contributed by atoms with van der Waals surface area (Å²) < 4.78 is 4.78. The predicted molar refractivity (Wildman–Crippen MR) is 122 cm³/mol. The highest BCUT2D eigenvalue weighted by atomic mass is 32.1. The van der Waals surface area contributed by atoms with Crippen LogP contribution in [0, 0.1) is 23.8 Å². The van der Waals surface area contributed by atoms with Gasteiger partial charge in [-0.05, 0) is 74.8 Å². The van der Waals surface area contributed by atoms with Crippen molar-refractivity contribution in [2.45, 2.75) is 83.3 Å². The molecule has 3 rings (SSSR count). The zero-order chi connectivity index (χ0) is 21.6. The van der Waals surface area contributed by atoms with Gasteiger partial charge in [0.1, 0.15) is 4.88 Å². The number of rotatable bonds is 10. The summed E-state index contributed by atoms with van der Waals surface area (Å²) in [4.78, 5) is 17.4. The molecule has 1 N–H and O–H groups in total. The Bertz CT molecular complexity index is 768. The van der Waals surface area contributed by atoms with Crippen molar-refractivity contribution in [2.24, 2.45) is 17.3 Å². The van der Waals surface area contributed by atoms with Gasteiger partial charge in [0.25, 0.3) is 0 Å². The monoisotopic (exact) mass is 429 g/mol. The molecule has 0 aliphatic heterocycles. The second-order valence-electron chi connectivity index (χ2n) is 9.01. The third-order valence-corrected chi connectivity index (χ3v) is 8.64. The predicted octanol–water partition coefficient (Wildman–Crippen LogP) is 6.06. The van der Waals surface area contributed by atoms with E-state index in [0.717, 1.165) is 51.4 Å². The molecule has 1 heterocycles. The lowest BCUT2D eigenvalue weighted by atomic mass is 9.63. The molecular formula is C25H35NO3S. The molecule has 2 aliphatic carbocycles. The van der Waals surface area contributed by atoms with Crippen LogP contribution in [0.2, 0.25) is 0 Å².